The van der Waals surface area contributed by atoms with Gasteiger partial charge in [-0.2, -0.15) is 8.42 Å². The Morgan fingerprint density at radius 3 is 2.10 bits per heavy atom. The van der Waals surface area contributed by atoms with Crippen molar-refractivity contribution in [3.8, 4) is 11.1 Å². The molecule has 8 heteroatoms. The van der Waals surface area contributed by atoms with E-state index in [1.807, 2.05) is 24.3 Å². The molecule has 2 aromatic rings. The maximum absolute atomic E-state index is 13.2. The van der Waals surface area contributed by atoms with Crippen LogP contribution < -0.4 is 0 Å². The van der Waals surface area contributed by atoms with E-state index in [1.165, 1.54) is 0 Å². The van der Waals surface area contributed by atoms with E-state index in [0.717, 1.165) is 22.3 Å². The number of morpholine rings is 1. The Morgan fingerprint density at radius 2 is 1.55 bits per heavy atom. The molecule has 0 aromatic heterocycles. The zero-order valence-corrected chi connectivity index (χ0v) is 17.8. The van der Waals surface area contributed by atoms with Gasteiger partial charge in [0.1, 0.15) is 6.61 Å². The number of carbonyl (C=O) groups is 1. The molecule has 6 nitrogen and oxygen atoms in total. The molecule has 1 aliphatic carbocycles. The molecule has 2 atom stereocenters. The van der Waals surface area contributed by atoms with Gasteiger partial charge in [-0.25, -0.2) is 4.79 Å². The van der Waals surface area contributed by atoms with Crippen molar-refractivity contribution in [1.82, 2.24) is 4.90 Å². The summed E-state index contributed by atoms with van der Waals surface area (Å²) in [6, 6.07) is 15.7. The SMILES string of the molecule is O=C(OCC1c2ccccc2-c2ccccc21)N1C2COCC1CC(CS(=O)(=O)F)C2. The van der Waals surface area contributed by atoms with Crippen LogP contribution in [-0.2, 0) is 19.7 Å². The lowest BCUT2D eigenvalue weighted by molar-refractivity contribution is -0.0763. The summed E-state index contributed by atoms with van der Waals surface area (Å²) in [5.74, 6) is -0.841. The molecule has 2 saturated heterocycles. The summed E-state index contributed by atoms with van der Waals surface area (Å²) >= 11 is 0. The number of benzene rings is 2. The van der Waals surface area contributed by atoms with Gasteiger partial charge in [-0.3, -0.25) is 4.90 Å². The van der Waals surface area contributed by atoms with Crippen LogP contribution in [0.5, 0.6) is 0 Å². The van der Waals surface area contributed by atoms with Crippen molar-refractivity contribution in [3.05, 3.63) is 59.7 Å². The molecule has 164 valence electrons. The topological polar surface area (TPSA) is 72.9 Å². The monoisotopic (exact) mass is 445 g/mol. The first kappa shape index (κ1) is 20.5. The van der Waals surface area contributed by atoms with Crippen LogP contribution >= 0.6 is 0 Å². The van der Waals surface area contributed by atoms with Gasteiger partial charge in [0.05, 0.1) is 31.1 Å². The second kappa shape index (κ2) is 7.91. The highest BCUT2D eigenvalue weighted by Gasteiger charge is 2.44. The first-order chi connectivity index (χ1) is 14.9. The van der Waals surface area contributed by atoms with Crippen molar-refractivity contribution in [2.75, 3.05) is 25.6 Å². The van der Waals surface area contributed by atoms with Crippen molar-refractivity contribution in [1.29, 1.82) is 0 Å². The van der Waals surface area contributed by atoms with Crippen molar-refractivity contribution < 1.29 is 26.6 Å². The minimum absolute atomic E-state index is 0.0262. The lowest BCUT2D eigenvalue weighted by atomic mass is 9.86. The average Bonchev–Trinajstić information content (AvgIpc) is 3.04. The molecule has 5 rings (SSSR count). The van der Waals surface area contributed by atoms with E-state index in [2.05, 4.69) is 24.3 Å². The smallest absolute Gasteiger partial charge is 0.410 e. The lowest BCUT2D eigenvalue weighted by Gasteiger charge is -2.47. The van der Waals surface area contributed by atoms with E-state index in [-0.39, 0.29) is 30.5 Å². The van der Waals surface area contributed by atoms with Crippen LogP contribution in [0.2, 0.25) is 0 Å². The molecule has 0 radical (unpaired) electrons. The lowest BCUT2D eigenvalue weighted by Crippen LogP contribution is -2.59. The normalized spacial score (nSPS) is 25.1. The quantitative estimate of drug-likeness (QED) is 0.671. The highest BCUT2D eigenvalue weighted by Crippen LogP contribution is 2.44. The third-order valence-electron chi connectivity index (χ3n) is 6.60. The maximum atomic E-state index is 13.2. The van der Waals surface area contributed by atoms with Crippen molar-refractivity contribution in [3.63, 3.8) is 0 Å². The molecule has 1 amide bonds. The van der Waals surface area contributed by atoms with Crippen LogP contribution in [0.1, 0.15) is 29.9 Å². The van der Waals surface area contributed by atoms with Crippen LogP contribution in [-0.4, -0.2) is 57.1 Å². The minimum atomic E-state index is -4.55. The number of rotatable bonds is 4. The molecule has 2 bridgehead atoms. The Kier molecular flexibility index (Phi) is 5.22. The summed E-state index contributed by atoms with van der Waals surface area (Å²) in [6.07, 6.45) is 0.370. The van der Waals surface area contributed by atoms with Gasteiger partial charge >= 0.3 is 16.3 Å². The van der Waals surface area contributed by atoms with Gasteiger partial charge < -0.3 is 9.47 Å². The maximum Gasteiger partial charge on any atom is 0.410 e. The van der Waals surface area contributed by atoms with Gasteiger partial charge in [-0.05, 0) is 41.0 Å². The highest BCUT2D eigenvalue weighted by molar-refractivity contribution is 7.86. The summed E-state index contributed by atoms with van der Waals surface area (Å²) in [4.78, 5) is 14.7. The molecule has 0 N–H and O–H groups in total. The number of fused-ring (bicyclic) bond motifs is 5. The van der Waals surface area contributed by atoms with Crippen LogP contribution in [0.15, 0.2) is 48.5 Å². The summed E-state index contributed by atoms with van der Waals surface area (Å²) in [5, 5.41) is 0. The second-order valence-corrected chi connectivity index (χ2v) is 10.0. The molecule has 2 aliphatic heterocycles. The van der Waals surface area contributed by atoms with E-state index < -0.39 is 22.1 Å². The Morgan fingerprint density at radius 1 is 1.00 bits per heavy atom. The number of piperidine rings is 1. The van der Waals surface area contributed by atoms with E-state index in [4.69, 9.17) is 9.47 Å². The molecular weight excluding hydrogens is 421 g/mol. The van der Waals surface area contributed by atoms with Crippen molar-refractivity contribution >= 4 is 16.3 Å². The molecule has 2 aromatic carbocycles. The molecule has 2 fully saturated rings. The largest absolute Gasteiger partial charge is 0.448 e. The number of carbonyl (C=O) groups excluding carboxylic acids is 1. The number of nitrogens with zero attached hydrogens (tertiary/aromatic N) is 1. The summed E-state index contributed by atoms with van der Waals surface area (Å²) in [7, 11) is -4.55. The number of ether oxygens (including phenoxy) is 2. The Labute approximate surface area is 181 Å². The standard InChI is InChI=1S/C23H24FNO5S/c24-31(27,28)14-15-9-16-11-29-12-17(10-15)25(16)23(26)30-13-22-20-7-3-1-5-18(20)19-6-2-4-8-21(19)22/h1-8,15-17,22H,9-14H2. The van der Waals surface area contributed by atoms with E-state index >= 15 is 0 Å². The summed E-state index contributed by atoms with van der Waals surface area (Å²) < 4.78 is 46.7. The van der Waals surface area contributed by atoms with Crippen molar-refractivity contribution in [2.45, 2.75) is 30.8 Å². The van der Waals surface area contributed by atoms with Crippen LogP contribution in [0, 0.1) is 5.92 Å². The number of hydrogen-bond donors (Lipinski definition) is 0. The molecule has 0 spiro atoms. The molecule has 31 heavy (non-hydrogen) atoms. The molecular formula is C23H24FNO5S. The average molecular weight is 446 g/mol. The van der Waals surface area contributed by atoms with E-state index in [1.54, 1.807) is 4.90 Å². The summed E-state index contributed by atoms with van der Waals surface area (Å²) in [6.45, 7) is 0.846. The Bertz CT molecular complexity index is 1050. The van der Waals surface area contributed by atoms with Gasteiger partial charge in [-0.1, -0.05) is 48.5 Å². The zero-order valence-electron chi connectivity index (χ0n) is 16.9. The van der Waals surface area contributed by atoms with E-state index in [0.29, 0.717) is 26.1 Å². The van der Waals surface area contributed by atoms with Crippen LogP contribution in [0.4, 0.5) is 8.68 Å². The Balaban J connectivity index is 1.30. The first-order valence-corrected chi connectivity index (χ1v) is 12.1. The van der Waals surface area contributed by atoms with Gasteiger partial charge in [-0.15, -0.1) is 3.89 Å². The molecule has 2 heterocycles. The summed E-state index contributed by atoms with van der Waals surface area (Å²) in [5.41, 5.74) is 4.62. The predicted molar refractivity (Wildman–Crippen MR) is 113 cm³/mol. The third kappa shape index (κ3) is 3.94. The fourth-order valence-electron chi connectivity index (χ4n) is 5.41. The van der Waals surface area contributed by atoms with Gasteiger partial charge in [0.2, 0.25) is 0 Å². The predicted octanol–water partition coefficient (Wildman–Crippen LogP) is 3.71. The van der Waals surface area contributed by atoms with Crippen LogP contribution in [0.25, 0.3) is 11.1 Å². The minimum Gasteiger partial charge on any atom is -0.448 e. The molecule has 0 saturated carbocycles. The van der Waals surface area contributed by atoms with E-state index in [9.17, 15) is 17.1 Å². The number of amides is 1. The van der Waals surface area contributed by atoms with Gasteiger partial charge in [0, 0.05) is 5.92 Å². The zero-order chi connectivity index (χ0) is 21.6. The fourth-order valence-corrected chi connectivity index (χ4v) is 6.25. The number of halogens is 1. The molecule has 2 unspecified atom stereocenters. The molecule has 3 aliphatic rings. The Hall–Kier alpha value is -2.45. The van der Waals surface area contributed by atoms with Gasteiger partial charge in [0.15, 0.2) is 0 Å². The van der Waals surface area contributed by atoms with Gasteiger partial charge in [0.25, 0.3) is 0 Å². The highest BCUT2D eigenvalue weighted by atomic mass is 32.3. The first-order valence-electron chi connectivity index (χ1n) is 10.5. The third-order valence-corrected chi connectivity index (χ3v) is 7.47. The fraction of sp³-hybridized carbons (Fsp3) is 0.435. The second-order valence-electron chi connectivity index (χ2n) is 8.60. The van der Waals surface area contributed by atoms with Crippen molar-refractivity contribution in [2.24, 2.45) is 5.92 Å². The number of hydrogen-bond acceptors (Lipinski definition) is 5. The van der Waals surface area contributed by atoms with Crippen LogP contribution in [0.3, 0.4) is 0 Å².